The normalized spacial score (nSPS) is 15.1. The van der Waals surface area contributed by atoms with Gasteiger partial charge in [-0.05, 0) is 118 Å². The maximum Gasteiger partial charge on any atom is 0.137 e. The summed E-state index contributed by atoms with van der Waals surface area (Å²) in [5.74, 6) is 0. The van der Waals surface area contributed by atoms with Gasteiger partial charge in [-0.2, -0.15) is 0 Å². The standard InChI is InChI=1S/C54H36N2O/c1-54-45-24-13-11-22-41(45)44-32-37-28-30-40(55(38-18-7-3-8-19-38)47-25-15-27-50-51(47)42-23-12-14-26-49(42)57-50)34-43(37)53(52(44)54)56(39-20-9-4-10-21-39)48-33-36(29-31-46(48)54)35-16-5-2-6-17-35/h2-34H,1H3. The minimum absolute atomic E-state index is 0.373. The third-order valence-corrected chi connectivity index (χ3v) is 12.4. The summed E-state index contributed by atoms with van der Waals surface area (Å²) >= 11 is 0. The van der Waals surface area contributed by atoms with Crippen LogP contribution in [-0.4, -0.2) is 0 Å². The summed E-state index contributed by atoms with van der Waals surface area (Å²) in [6, 6.07) is 72.8. The van der Waals surface area contributed by atoms with Gasteiger partial charge in [-0.1, -0.05) is 133 Å². The van der Waals surface area contributed by atoms with Crippen molar-refractivity contribution in [3.05, 3.63) is 217 Å². The van der Waals surface area contributed by atoms with E-state index in [1.807, 2.05) is 6.07 Å². The minimum Gasteiger partial charge on any atom is -0.456 e. The van der Waals surface area contributed by atoms with Gasteiger partial charge in [-0.25, -0.2) is 0 Å². The van der Waals surface area contributed by atoms with Crippen molar-refractivity contribution in [1.82, 2.24) is 0 Å². The fourth-order valence-corrected chi connectivity index (χ4v) is 9.89. The minimum atomic E-state index is -0.373. The van der Waals surface area contributed by atoms with E-state index in [-0.39, 0.29) is 5.41 Å². The first kappa shape index (κ1) is 31.9. The molecule has 1 unspecified atom stereocenters. The van der Waals surface area contributed by atoms with Gasteiger partial charge >= 0.3 is 0 Å². The summed E-state index contributed by atoms with van der Waals surface area (Å²) in [6.45, 7) is 2.45. The van der Waals surface area contributed by atoms with Crippen LogP contribution < -0.4 is 9.80 Å². The zero-order valence-electron chi connectivity index (χ0n) is 31.4. The average Bonchev–Trinajstić information content (AvgIpc) is 3.78. The lowest BCUT2D eigenvalue weighted by Crippen LogP contribution is -2.32. The number of hydrogen-bond donors (Lipinski definition) is 0. The maximum atomic E-state index is 6.44. The SMILES string of the molecule is CC12c3ccccc3-c3cc4ccc(N(c5ccccc5)c5cccc6oc7ccccc7c56)cc4c(c31)N(c1ccccc1)c1cc(-c3ccccc3)ccc12. The van der Waals surface area contributed by atoms with Gasteiger partial charge < -0.3 is 14.2 Å². The smallest absolute Gasteiger partial charge is 0.137 e. The molecule has 10 aromatic rings. The number of benzene rings is 9. The van der Waals surface area contributed by atoms with E-state index >= 15 is 0 Å². The van der Waals surface area contributed by atoms with Gasteiger partial charge in [-0.3, -0.25) is 0 Å². The van der Waals surface area contributed by atoms with Crippen molar-refractivity contribution in [2.75, 3.05) is 9.80 Å². The van der Waals surface area contributed by atoms with Gasteiger partial charge in [0, 0.05) is 33.2 Å². The van der Waals surface area contributed by atoms with Crippen LogP contribution in [0.1, 0.15) is 23.6 Å². The molecule has 0 fully saturated rings. The van der Waals surface area contributed by atoms with Crippen LogP contribution in [0.4, 0.5) is 34.1 Å². The van der Waals surface area contributed by atoms with Crippen molar-refractivity contribution in [2.24, 2.45) is 0 Å². The zero-order chi connectivity index (χ0) is 37.7. The van der Waals surface area contributed by atoms with Gasteiger partial charge in [0.2, 0.25) is 0 Å². The van der Waals surface area contributed by atoms with Crippen molar-refractivity contribution < 1.29 is 4.42 Å². The third-order valence-electron chi connectivity index (χ3n) is 12.4. The van der Waals surface area contributed by atoms with E-state index in [9.17, 15) is 0 Å². The van der Waals surface area contributed by atoms with Crippen LogP contribution in [0.3, 0.4) is 0 Å². The Balaban J connectivity index is 1.19. The largest absolute Gasteiger partial charge is 0.456 e. The molecule has 1 aliphatic heterocycles. The third kappa shape index (κ3) is 4.54. The van der Waals surface area contributed by atoms with Crippen molar-refractivity contribution in [2.45, 2.75) is 12.3 Å². The molecule has 2 aliphatic rings. The summed E-state index contributed by atoms with van der Waals surface area (Å²) in [4.78, 5) is 4.94. The highest BCUT2D eigenvalue weighted by Gasteiger charge is 2.49. The maximum absolute atomic E-state index is 6.44. The highest BCUT2D eigenvalue weighted by atomic mass is 16.3. The molecule has 3 heteroatoms. The van der Waals surface area contributed by atoms with Gasteiger partial charge in [0.1, 0.15) is 11.2 Å². The van der Waals surface area contributed by atoms with Gasteiger partial charge in [0.05, 0.1) is 22.4 Å². The van der Waals surface area contributed by atoms with Crippen LogP contribution in [0, 0.1) is 0 Å². The molecule has 0 saturated heterocycles. The molecule has 0 radical (unpaired) electrons. The van der Waals surface area contributed by atoms with E-state index in [1.54, 1.807) is 0 Å². The molecule has 57 heavy (non-hydrogen) atoms. The van der Waals surface area contributed by atoms with Crippen molar-refractivity contribution in [3.63, 3.8) is 0 Å². The van der Waals surface area contributed by atoms with Crippen molar-refractivity contribution in [3.8, 4) is 22.3 Å². The van der Waals surface area contributed by atoms with E-state index in [2.05, 4.69) is 211 Å². The fourth-order valence-electron chi connectivity index (χ4n) is 9.89. The Morgan fingerprint density at radius 1 is 0.491 bits per heavy atom. The summed E-state index contributed by atoms with van der Waals surface area (Å²) in [7, 11) is 0. The lowest BCUT2D eigenvalue weighted by Gasteiger charge is -2.43. The number of nitrogens with zero attached hydrogens (tertiary/aromatic N) is 2. The topological polar surface area (TPSA) is 19.6 Å². The number of rotatable bonds is 5. The number of anilines is 6. The van der Waals surface area contributed by atoms with Gasteiger partial charge in [-0.15, -0.1) is 0 Å². The summed E-state index contributed by atoms with van der Waals surface area (Å²) in [6.07, 6.45) is 0. The Labute approximate surface area is 331 Å². The van der Waals surface area contributed by atoms with Crippen LogP contribution in [0.2, 0.25) is 0 Å². The second kappa shape index (κ2) is 12.1. The highest BCUT2D eigenvalue weighted by molar-refractivity contribution is 6.15. The number of furan rings is 1. The fraction of sp³-hybridized carbons (Fsp3) is 0.0370. The lowest BCUT2D eigenvalue weighted by molar-refractivity contribution is 0.669. The summed E-state index contributed by atoms with van der Waals surface area (Å²) < 4.78 is 6.44. The van der Waals surface area contributed by atoms with Gasteiger partial charge in [0.25, 0.3) is 0 Å². The van der Waals surface area contributed by atoms with Gasteiger partial charge in [0.15, 0.2) is 0 Å². The highest BCUT2D eigenvalue weighted by Crippen LogP contribution is 2.64. The quantitative estimate of drug-likeness (QED) is 0.176. The molecule has 0 amide bonds. The molecule has 1 aromatic heterocycles. The molecular weight excluding hydrogens is 693 g/mol. The lowest BCUT2D eigenvalue weighted by atomic mass is 9.69. The molecule has 1 atom stereocenters. The van der Waals surface area contributed by atoms with Crippen molar-refractivity contribution >= 4 is 66.8 Å². The number of hydrogen-bond acceptors (Lipinski definition) is 3. The van der Waals surface area contributed by atoms with Crippen LogP contribution in [0.5, 0.6) is 0 Å². The molecule has 9 aromatic carbocycles. The molecule has 2 heterocycles. The second-order valence-electron chi connectivity index (χ2n) is 15.4. The predicted molar refractivity (Wildman–Crippen MR) is 237 cm³/mol. The van der Waals surface area contributed by atoms with Crippen molar-refractivity contribution in [1.29, 1.82) is 0 Å². The van der Waals surface area contributed by atoms with E-state index in [0.717, 1.165) is 44.7 Å². The number of fused-ring (bicyclic) bond motifs is 10. The molecule has 0 spiro atoms. The Kier molecular flexibility index (Phi) is 6.76. The van der Waals surface area contributed by atoms with E-state index < -0.39 is 0 Å². The molecule has 12 rings (SSSR count). The van der Waals surface area contributed by atoms with Crippen LogP contribution in [-0.2, 0) is 5.41 Å². The van der Waals surface area contributed by atoms with Crippen LogP contribution in [0.15, 0.2) is 205 Å². The van der Waals surface area contributed by atoms with Crippen LogP contribution >= 0.6 is 0 Å². The first-order chi connectivity index (χ1) is 28.2. The van der Waals surface area contributed by atoms with E-state index in [1.165, 1.54) is 61.1 Å². The Morgan fingerprint density at radius 3 is 2.05 bits per heavy atom. The molecule has 0 bridgehead atoms. The molecule has 3 nitrogen and oxygen atoms in total. The first-order valence-electron chi connectivity index (χ1n) is 19.7. The summed E-state index contributed by atoms with van der Waals surface area (Å²) in [5, 5.41) is 4.61. The molecule has 0 saturated carbocycles. The van der Waals surface area contributed by atoms with Crippen LogP contribution in [0.25, 0.3) is 55.0 Å². The average molecular weight is 729 g/mol. The summed E-state index contributed by atoms with van der Waals surface area (Å²) in [5.41, 5.74) is 17.2. The Morgan fingerprint density at radius 2 is 1.21 bits per heavy atom. The molecular formula is C54H36N2O. The zero-order valence-corrected chi connectivity index (χ0v) is 31.4. The molecule has 268 valence electrons. The predicted octanol–water partition coefficient (Wildman–Crippen LogP) is 15.0. The Bertz CT molecular complexity index is 3200. The monoisotopic (exact) mass is 728 g/mol. The second-order valence-corrected chi connectivity index (χ2v) is 15.4. The first-order valence-corrected chi connectivity index (χ1v) is 19.7. The molecule has 1 aliphatic carbocycles. The number of para-hydroxylation sites is 3. The molecule has 0 N–H and O–H groups in total. The van der Waals surface area contributed by atoms with E-state index in [4.69, 9.17) is 4.42 Å². The Hall–Kier alpha value is -7.36. The van der Waals surface area contributed by atoms with E-state index in [0.29, 0.717) is 0 Å².